The van der Waals surface area contributed by atoms with Gasteiger partial charge in [-0.3, -0.25) is 0 Å². The van der Waals surface area contributed by atoms with E-state index < -0.39 is 0 Å². The maximum atomic E-state index is 2.39. The Labute approximate surface area is 67.6 Å². The molecule has 0 aliphatic carbocycles. The number of hydrogen-bond acceptors (Lipinski definition) is 0. The summed E-state index contributed by atoms with van der Waals surface area (Å²) in [6.45, 7) is 9.34. The van der Waals surface area contributed by atoms with Crippen molar-refractivity contribution in [2.24, 2.45) is 11.8 Å². The van der Waals surface area contributed by atoms with Gasteiger partial charge in [-0.15, -0.1) is 8.58 Å². The highest BCUT2D eigenvalue weighted by molar-refractivity contribution is 7.36. The first-order valence-corrected chi connectivity index (χ1v) is 6.07. The predicted octanol–water partition coefficient (Wildman–Crippen LogP) is 3.37. The lowest BCUT2D eigenvalue weighted by Gasteiger charge is -2.17. The first kappa shape index (κ1) is 10.4. The topological polar surface area (TPSA) is 0 Å². The van der Waals surface area contributed by atoms with E-state index in [9.17, 15) is 0 Å². The Morgan fingerprint density at radius 3 is 2.20 bits per heavy atom. The Balaban J connectivity index is 3.38. The summed E-state index contributed by atoms with van der Waals surface area (Å²) >= 11 is 0. The van der Waals surface area contributed by atoms with Crippen LogP contribution >= 0.6 is 8.58 Å². The van der Waals surface area contributed by atoms with Crippen molar-refractivity contribution in [3.8, 4) is 0 Å². The minimum atomic E-state index is 0.942. The van der Waals surface area contributed by atoms with Crippen LogP contribution in [0.25, 0.3) is 0 Å². The third-order valence-electron chi connectivity index (χ3n) is 2.24. The van der Waals surface area contributed by atoms with Crippen LogP contribution in [0.5, 0.6) is 0 Å². The van der Waals surface area contributed by atoms with Crippen LogP contribution in [-0.2, 0) is 0 Å². The second kappa shape index (κ2) is 6.16. The fraction of sp³-hybridized carbons (Fsp3) is 1.00. The highest BCUT2D eigenvalue weighted by atomic mass is 31.1. The molecular weight excluding hydrogens is 139 g/mol. The zero-order valence-electron chi connectivity index (χ0n) is 7.78. The van der Waals surface area contributed by atoms with Crippen LogP contribution in [0, 0.1) is 11.8 Å². The molecule has 0 bridgehead atoms. The van der Waals surface area contributed by atoms with Crippen LogP contribution in [0.2, 0.25) is 0 Å². The van der Waals surface area contributed by atoms with Gasteiger partial charge in [0.25, 0.3) is 0 Å². The van der Waals surface area contributed by atoms with Gasteiger partial charge in [0.15, 0.2) is 0 Å². The summed E-state index contributed by atoms with van der Waals surface area (Å²) in [5, 5.41) is 0. The van der Waals surface area contributed by atoms with E-state index in [-0.39, 0.29) is 0 Å². The highest BCUT2D eigenvalue weighted by Crippen LogP contribution is 2.21. The lowest BCUT2D eigenvalue weighted by atomic mass is 9.93. The summed E-state index contributed by atoms with van der Waals surface area (Å²) in [5.41, 5.74) is 0. The molecular formula is C9H21P. The molecule has 0 aromatic carbocycles. The maximum Gasteiger partial charge on any atom is -0.0328 e. The summed E-state index contributed by atoms with van der Waals surface area (Å²) in [7, 11) is 1.14. The minimum absolute atomic E-state index is 0.942. The molecule has 0 saturated carbocycles. The molecule has 0 amide bonds. The maximum absolute atomic E-state index is 2.39. The summed E-state index contributed by atoms with van der Waals surface area (Å²) in [4.78, 5) is 0. The number of hydrogen-bond donors (Lipinski definition) is 0. The Morgan fingerprint density at radius 2 is 1.80 bits per heavy atom. The van der Waals surface area contributed by atoms with Crippen LogP contribution in [0.1, 0.15) is 33.6 Å². The first-order chi connectivity index (χ1) is 4.72. The summed E-state index contributed by atoms with van der Waals surface area (Å²) < 4.78 is 0. The van der Waals surface area contributed by atoms with Gasteiger partial charge in [-0.25, -0.2) is 0 Å². The van der Waals surface area contributed by atoms with Crippen molar-refractivity contribution in [3.63, 3.8) is 0 Å². The molecule has 0 N–H and O–H groups in total. The quantitative estimate of drug-likeness (QED) is 0.541. The van der Waals surface area contributed by atoms with E-state index in [1.54, 1.807) is 0 Å². The lowest BCUT2D eigenvalue weighted by molar-refractivity contribution is 0.394. The molecule has 10 heavy (non-hydrogen) atoms. The fourth-order valence-corrected chi connectivity index (χ4v) is 2.31. The van der Waals surface area contributed by atoms with Gasteiger partial charge in [-0.05, 0) is 24.7 Å². The molecule has 0 rings (SSSR count). The van der Waals surface area contributed by atoms with Crippen LogP contribution in [0.15, 0.2) is 0 Å². The molecule has 3 atom stereocenters. The summed E-state index contributed by atoms with van der Waals surface area (Å²) in [6.07, 6.45) is 4.19. The largest absolute Gasteiger partial charge is 0.125 e. The van der Waals surface area contributed by atoms with Crippen LogP contribution in [-0.4, -0.2) is 12.8 Å². The van der Waals surface area contributed by atoms with Crippen molar-refractivity contribution < 1.29 is 0 Å². The van der Waals surface area contributed by atoms with Crippen molar-refractivity contribution in [1.82, 2.24) is 0 Å². The van der Waals surface area contributed by atoms with Crippen LogP contribution in [0.3, 0.4) is 0 Å². The third-order valence-corrected chi connectivity index (χ3v) is 3.29. The van der Waals surface area contributed by atoms with Crippen molar-refractivity contribution in [1.29, 1.82) is 0 Å². The Kier molecular flexibility index (Phi) is 6.43. The first-order valence-electron chi connectivity index (χ1n) is 4.37. The van der Waals surface area contributed by atoms with E-state index in [0.717, 1.165) is 20.4 Å². The zero-order chi connectivity index (χ0) is 7.98. The zero-order valence-corrected chi connectivity index (χ0v) is 8.78. The van der Waals surface area contributed by atoms with Gasteiger partial charge in [0, 0.05) is 0 Å². The fourth-order valence-electron chi connectivity index (χ4n) is 1.26. The average Bonchev–Trinajstić information content (AvgIpc) is 1.89. The van der Waals surface area contributed by atoms with Gasteiger partial charge in [-0.2, -0.15) is 0 Å². The molecule has 0 aliphatic heterocycles. The molecule has 0 aromatic rings. The van der Waals surface area contributed by atoms with Crippen LogP contribution < -0.4 is 0 Å². The average molecular weight is 160 g/mol. The Morgan fingerprint density at radius 1 is 1.20 bits per heavy atom. The molecule has 0 nitrogen and oxygen atoms in total. The molecule has 1 heteroatoms. The van der Waals surface area contributed by atoms with E-state index in [2.05, 4.69) is 27.4 Å². The molecule has 0 radical (unpaired) electrons. The van der Waals surface area contributed by atoms with Gasteiger partial charge in [-0.1, -0.05) is 33.6 Å². The van der Waals surface area contributed by atoms with Crippen LogP contribution in [0.4, 0.5) is 0 Å². The number of rotatable bonds is 5. The molecule has 0 aliphatic rings. The lowest BCUT2D eigenvalue weighted by Crippen LogP contribution is -2.09. The van der Waals surface area contributed by atoms with E-state index in [0.29, 0.717) is 0 Å². The minimum Gasteiger partial charge on any atom is -0.125 e. The monoisotopic (exact) mass is 160 g/mol. The van der Waals surface area contributed by atoms with E-state index >= 15 is 0 Å². The third kappa shape index (κ3) is 4.28. The van der Waals surface area contributed by atoms with Crippen molar-refractivity contribution in [2.45, 2.75) is 33.6 Å². The predicted molar refractivity (Wildman–Crippen MR) is 52.3 cm³/mol. The van der Waals surface area contributed by atoms with Crippen molar-refractivity contribution >= 4 is 8.58 Å². The van der Waals surface area contributed by atoms with Gasteiger partial charge in [0.2, 0.25) is 0 Å². The Bertz CT molecular complexity index is 61.1. The molecule has 0 aromatic heterocycles. The van der Waals surface area contributed by atoms with Gasteiger partial charge >= 0.3 is 0 Å². The SMILES string of the molecule is CCCC(C)C(C)CPC. The highest BCUT2D eigenvalue weighted by Gasteiger charge is 2.08. The second-order valence-electron chi connectivity index (χ2n) is 3.30. The molecule has 3 unspecified atom stereocenters. The van der Waals surface area contributed by atoms with Gasteiger partial charge in [0.1, 0.15) is 0 Å². The summed E-state index contributed by atoms with van der Waals surface area (Å²) in [5.74, 6) is 1.89. The van der Waals surface area contributed by atoms with E-state index in [1.165, 1.54) is 19.0 Å². The standard InChI is InChI=1S/C9H21P/c1-5-6-8(2)9(3)7-10-4/h8-10H,5-7H2,1-4H3. The van der Waals surface area contributed by atoms with Crippen molar-refractivity contribution in [3.05, 3.63) is 0 Å². The van der Waals surface area contributed by atoms with Gasteiger partial charge < -0.3 is 0 Å². The molecule has 0 saturated heterocycles. The second-order valence-corrected chi connectivity index (χ2v) is 4.42. The molecule has 62 valence electrons. The smallest absolute Gasteiger partial charge is 0.0328 e. The van der Waals surface area contributed by atoms with Gasteiger partial charge in [0.05, 0.1) is 0 Å². The molecule has 0 fully saturated rings. The normalized spacial score (nSPS) is 18.0. The Hall–Kier alpha value is 0.430. The van der Waals surface area contributed by atoms with Crippen molar-refractivity contribution in [2.75, 3.05) is 12.8 Å². The molecule has 0 spiro atoms. The van der Waals surface area contributed by atoms with E-state index in [1.807, 2.05) is 0 Å². The molecule has 0 heterocycles. The summed E-state index contributed by atoms with van der Waals surface area (Å²) in [6, 6.07) is 0. The van der Waals surface area contributed by atoms with E-state index in [4.69, 9.17) is 0 Å².